The van der Waals surface area contributed by atoms with E-state index in [-0.39, 0.29) is 5.56 Å². The van der Waals surface area contributed by atoms with Crippen molar-refractivity contribution < 1.29 is 0 Å². The predicted molar refractivity (Wildman–Crippen MR) is 125 cm³/mol. The maximum absolute atomic E-state index is 13.4. The third-order valence-electron chi connectivity index (χ3n) is 5.08. The molecule has 0 fully saturated rings. The molecule has 4 rings (SSSR count). The SMILES string of the molecule is Cc1[nH]n(-c2ncc(-c3ccc(Cl)cc3)s2)c(=O)c1[C@H](c1ccc(Cl)cc1)C(C#N)C#N. The molecule has 2 aromatic heterocycles. The Hall–Kier alpha value is -3.36. The summed E-state index contributed by atoms with van der Waals surface area (Å²) in [6.45, 7) is 1.75. The fraction of sp³-hybridized carbons (Fsp3) is 0.130. The highest BCUT2D eigenvalue weighted by Crippen LogP contribution is 2.33. The van der Waals surface area contributed by atoms with Gasteiger partial charge < -0.3 is 0 Å². The first-order valence-electron chi connectivity index (χ1n) is 9.51. The molecule has 0 aliphatic heterocycles. The summed E-state index contributed by atoms with van der Waals surface area (Å²) in [5.74, 6) is -1.78. The van der Waals surface area contributed by atoms with Gasteiger partial charge in [-0.1, -0.05) is 58.8 Å². The average molecular weight is 480 g/mol. The molecule has 2 heterocycles. The van der Waals surface area contributed by atoms with Crippen molar-refractivity contribution in [2.24, 2.45) is 5.92 Å². The lowest BCUT2D eigenvalue weighted by molar-refractivity contribution is 0.699. The molecule has 1 N–H and O–H groups in total. The summed E-state index contributed by atoms with van der Waals surface area (Å²) in [6, 6.07) is 18.2. The molecular weight excluding hydrogens is 465 g/mol. The van der Waals surface area contributed by atoms with Crippen LogP contribution in [-0.2, 0) is 0 Å². The van der Waals surface area contributed by atoms with Gasteiger partial charge in [0.15, 0.2) is 0 Å². The van der Waals surface area contributed by atoms with Crippen molar-refractivity contribution in [3.05, 3.63) is 91.9 Å². The first-order chi connectivity index (χ1) is 15.4. The van der Waals surface area contributed by atoms with Gasteiger partial charge in [0, 0.05) is 33.4 Å². The number of benzene rings is 2. The Morgan fingerprint density at radius 3 is 2.22 bits per heavy atom. The quantitative estimate of drug-likeness (QED) is 0.396. The molecule has 0 aliphatic rings. The van der Waals surface area contributed by atoms with Crippen molar-refractivity contribution in [2.45, 2.75) is 12.8 Å². The number of thiazole rings is 1. The van der Waals surface area contributed by atoms with Crippen molar-refractivity contribution in [2.75, 3.05) is 0 Å². The molecule has 6 nitrogen and oxygen atoms in total. The molecule has 0 amide bonds. The van der Waals surface area contributed by atoms with Crippen LogP contribution in [0.2, 0.25) is 10.0 Å². The largest absolute Gasteiger partial charge is 0.293 e. The van der Waals surface area contributed by atoms with Crippen LogP contribution in [0.25, 0.3) is 15.6 Å². The lowest BCUT2D eigenvalue weighted by Crippen LogP contribution is -2.23. The van der Waals surface area contributed by atoms with Crippen molar-refractivity contribution in [1.29, 1.82) is 10.5 Å². The summed E-state index contributed by atoms with van der Waals surface area (Å²) in [5.41, 5.74) is 2.16. The Bertz CT molecular complexity index is 1390. The minimum Gasteiger partial charge on any atom is -0.293 e. The smallest absolute Gasteiger partial charge is 0.277 e. The molecule has 0 bridgehead atoms. The van der Waals surface area contributed by atoms with Crippen molar-refractivity contribution in [1.82, 2.24) is 14.8 Å². The number of nitrogens with zero attached hydrogens (tertiary/aromatic N) is 4. The summed E-state index contributed by atoms with van der Waals surface area (Å²) in [4.78, 5) is 18.7. The molecule has 0 unspecified atom stereocenters. The van der Waals surface area contributed by atoms with Gasteiger partial charge in [0.2, 0.25) is 5.13 Å². The van der Waals surface area contributed by atoms with Crippen LogP contribution in [0.5, 0.6) is 0 Å². The predicted octanol–water partition coefficient (Wildman–Crippen LogP) is 5.70. The molecule has 0 aliphatic carbocycles. The van der Waals surface area contributed by atoms with Crippen molar-refractivity contribution >= 4 is 34.5 Å². The van der Waals surface area contributed by atoms with Crippen molar-refractivity contribution in [3.8, 4) is 27.7 Å². The fourth-order valence-corrected chi connectivity index (χ4v) is 4.68. The number of hydrogen-bond donors (Lipinski definition) is 1. The lowest BCUT2D eigenvalue weighted by atomic mass is 9.82. The number of nitriles is 2. The van der Waals surface area contributed by atoms with Crippen LogP contribution in [0.4, 0.5) is 0 Å². The van der Waals surface area contributed by atoms with Gasteiger partial charge in [-0.2, -0.15) is 15.2 Å². The second-order valence-electron chi connectivity index (χ2n) is 7.07. The van der Waals surface area contributed by atoms with Gasteiger partial charge in [-0.25, -0.2) is 4.98 Å². The van der Waals surface area contributed by atoms with E-state index < -0.39 is 11.8 Å². The van der Waals surface area contributed by atoms with E-state index in [1.165, 1.54) is 16.0 Å². The van der Waals surface area contributed by atoms with Crippen LogP contribution in [0.3, 0.4) is 0 Å². The van der Waals surface area contributed by atoms with E-state index in [1.807, 2.05) is 24.3 Å². The summed E-state index contributed by atoms with van der Waals surface area (Å²) in [5, 5.41) is 23.9. The third-order valence-corrected chi connectivity index (χ3v) is 6.62. The summed E-state index contributed by atoms with van der Waals surface area (Å²) in [7, 11) is 0. The van der Waals surface area contributed by atoms with E-state index in [0.29, 0.717) is 32.0 Å². The summed E-state index contributed by atoms with van der Waals surface area (Å²) < 4.78 is 1.35. The van der Waals surface area contributed by atoms with Gasteiger partial charge in [0.05, 0.1) is 17.0 Å². The standard InChI is InChI=1S/C23H15Cl2N5OS/c1-13-20(21(16(10-26)11-27)15-4-8-18(25)9-5-15)22(31)30(29-13)23-28-12-19(32-23)14-2-6-17(24)7-3-14/h2-9,12,16,21,29H,1H3/t21-/m1/s1. The number of aromatic amines is 1. The van der Waals surface area contributed by atoms with Crippen LogP contribution < -0.4 is 5.56 Å². The number of hydrogen-bond acceptors (Lipinski definition) is 5. The number of nitrogens with one attached hydrogen (secondary N) is 1. The van der Waals surface area contributed by atoms with Crippen LogP contribution >= 0.6 is 34.5 Å². The van der Waals surface area contributed by atoms with Gasteiger partial charge in [-0.3, -0.25) is 9.89 Å². The van der Waals surface area contributed by atoms with Crippen LogP contribution in [0, 0.1) is 35.5 Å². The number of aryl methyl sites for hydroxylation is 1. The highest BCUT2D eigenvalue weighted by atomic mass is 35.5. The number of rotatable bonds is 5. The molecule has 2 aromatic carbocycles. The second kappa shape index (κ2) is 9.02. The Morgan fingerprint density at radius 2 is 1.62 bits per heavy atom. The van der Waals surface area contributed by atoms with E-state index in [1.54, 1.807) is 49.5 Å². The minimum atomic E-state index is -1.05. The monoisotopic (exact) mass is 479 g/mol. The first kappa shape index (κ1) is 21.9. The maximum atomic E-state index is 13.4. The Balaban J connectivity index is 1.81. The minimum absolute atomic E-state index is 0.351. The van der Waals surface area contributed by atoms with E-state index in [4.69, 9.17) is 23.2 Å². The van der Waals surface area contributed by atoms with E-state index in [2.05, 4.69) is 10.1 Å². The Kier molecular flexibility index (Phi) is 6.16. The van der Waals surface area contributed by atoms with Crippen LogP contribution in [0.15, 0.2) is 59.5 Å². The van der Waals surface area contributed by atoms with E-state index in [9.17, 15) is 15.3 Å². The van der Waals surface area contributed by atoms with E-state index in [0.717, 1.165) is 10.4 Å². The summed E-state index contributed by atoms with van der Waals surface area (Å²) >= 11 is 13.3. The van der Waals surface area contributed by atoms with Gasteiger partial charge in [-0.05, 0) is 42.3 Å². The van der Waals surface area contributed by atoms with Crippen LogP contribution in [0.1, 0.15) is 22.7 Å². The van der Waals surface area contributed by atoms with Gasteiger partial charge in [0.1, 0.15) is 5.92 Å². The number of halogens is 2. The molecule has 0 radical (unpaired) electrons. The molecule has 4 aromatic rings. The zero-order valence-corrected chi connectivity index (χ0v) is 19.0. The number of aromatic nitrogens is 3. The molecule has 0 saturated carbocycles. The zero-order valence-electron chi connectivity index (χ0n) is 16.7. The summed E-state index contributed by atoms with van der Waals surface area (Å²) in [6.07, 6.45) is 1.69. The highest BCUT2D eigenvalue weighted by Gasteiger charge is 2.31. The highest BCUT2D eigenvalue weighted by molar-refractivity contribution is 7.17. The molecule has 158 valence electrons. The fourth-order valence-electron chi connectivity index (χ4n) is 3.55. The molecule has 0 saturated heterocycles. The Morgan fingerprint density at radius 1 is 1.03 bits per heavy atom. The lowest BCUT2D eigenvalue weighted by Gasteiger charge is -2.17. The molecule has 1 atom stereocenters. The maximum Gasteiger partial charge on any atom is 0.277 e. The van der Waals surface area contributed by atoms with Gasteiger partial charge >= 0.3 is 0 Å². The van der Waals surface area contributed by atoms with Gasteiger partial charge in [0.25, 0.3) is 5.56 Å². The second-order valence-corrected chi connectivity index (χ2v) is 8.95. The van der Waals surface area contributed by atoms with Crippen molar-refractivity contribution in [3.63, 3.8) is 0 Å². The molecule has 9 heteroatoms. The first-order valence-corrected chi connectivity index (χ1v) is 11.1. The molecule has 0 spiro atoms. The average Bonchev–Trinajstić information content (AvgIpc) is 3.38. The van der Waals surface area contributed by atoms with Gasteiger partial charge in [-0.15, -0.1) is 0 Å². The topological polar surface area (TPSA) is 98.3 Å². The van der Waals surface area contributed by atoms with Crippen LogP contribution in [-0.4, -0.2) is 14.8 Å². The third kappa shape index (κ3) is 4.06. The molecule has 32 heavy (non-hydrogen) atoms. The normalized spacial score (nSPS) is 11.8. The number of H-pyrrole nitrogens is 1. The molecular formula is C23H15Cl2N5OS. The Labute approximate surface area is 197 Å². The van der Waals surface area contributed by atoms with E-state index >= 15 is 0 Å². The zero-order chi connectivity index (χ0) is 22.8.